The lowest BCUT2D eigenvalue weighted by molar-refractivity contribution is 0.246. The van der Waals surface area contributed by atoms with E-state index >= 15 is 0 Å². The SMILES string of the molecule is CC(C)(C)CC(C)(C)c1ccc(O)c(CN2CCN(c3ccccc3)CC2)c1. The van der Waals surface area contributed by atoms with E-state index in [9.17, 15) is 5.11 Å². The number of anilines is 1. The van der Waals surface area contributed by atoms with Crippen LogP contribution in [0.15, 0.2) is 48.5 Å². The van der Waals surface area contributed by atoms with Gasteiger partial charge in [0.1, 0.15) is 5.75 Å². The van der Waals surface area contributed by atoms with Gasteiger partial charge in [-0.2, -0.15) is 0 Å². The van der Waals surface area contributed by atoms with Gasteiger partial charge in [-0.3, -0.25) is 4.90 Å². The molecule has 0 aromatic heterocycles. The van der Waals surface area contributed by atoms with Crippen molar-refractivity contribution in [3.8, 4) is 5.75 Å². The molecule has 3 nitrogen and oxygen atoms in total. The first-order valence-electron chi connectivity index (χ1n) is 10.5. The average molecular weight is 381 g/mol. The molecular weight excluding hydrogens is 344 g/mol. The summed E-state index contributed by atoms with van der Waals surface area (Å²) >= 11 is 0. The van der Waals surface area contributed by atoms with E-state index in [0.29, 0.717) is 5.75 Å². The summed E-state index contributed by atoms with van der Waals surface area (Å²) in [6.45, 7) is 16.4. The van der Waals surface area contributed by atoms with Gasteiger partial charge in [0.05, 0.1) is 0 Å². The molecule has 1 N–H and O–H groups in total. The molecule has 1 aliphatic rings. The van der Waals surface area contributed by atoms with E-state index in [1.165, 1.54) is 11.3 Å². The Labute approximate surface area is 171 Å². The summed E-state index contributed by atoms with van der Waals surface area (Å²) in [5.41, 5.74) is 4.03. The topological polar surface area (TPSA) is 26.7 Å². The van der Waals surface area contributed by atoms with Crippen molar-refractivity contribution in [2.24, 2.45) is 5.41 Å². The fourth-order valence-electron chi connectivity index (χ4n) is 4.60. The zero-order valence-electron chi connectivity index (χ0n) is 18.2. The molecule has 0 aliphatic carbocycles. The number of piperazine rings is 1. The van der Waals surface area contributed by atoms with Gasteiger partial charge in [0.2, 0.25) is 0 Å². The normalized spacial score (nSPS) is 16.4. The molecule has 1 heterocycles. The van der Waals surface area contributed by atoms with Crippen LogP contribution < -0.4 is 4.90 Å². The number of phenolic OH excluding ortho intramolecular Hbond substituents is 1. The largest absolute Gasteiger partial charge is 0.508 e. The zero-order chi connectivity index (χ0) is 20.4. The Morgan fingerprint density at radius 2 is 1.50 bits per heavy atom. The molecular formula is C25H36N2O. The van der Waals surface area contributed by atoms with Gasteiger partial charge < -0.3 is 10.0 Å². The Hall–Kier alpha value is -2.00. The second-order valence-corrected chi connectivity index (χ2v) is 10.1. The molecule has 1 saturated heterocycles. The fraction of sp³-hybridized carbons (Fsp3) is 0.520. The van der Waals surface area contributed by atoms with Gasteiger partial charge in [0, 0.05) is 44.0 Å². The van der Waals surface area contributed by atoms with E-state index in [0.717, 1.165) is 44.7 Å². The van der Waals surface area contributed by atoms with E-state index in [-0.39, 0.29) is 10.8 Å². The molecule has 152 valence electrons. The number of para-hydroxylation sites is 1. The summed E-state index contributed by atoms with van der Waals surface area (Å²) in [5, 5.41) is 10.5. The van der Waals surface area contributed by atoms with E-state index in [1.54, 1.807) is 0 Å². The smallest absolute Gasteiger partial charge is 0.120 e. The quantitative estimate of drug-likeness (QED) is 0.749. The number of phenols is 1. The monoisotopic (exact) mass is 380 g/mol. The van der Waals surface area contributed by atoms with Gasteiger partial charge in [-0.25, -0.2) is 0 Å². The predicted molar refractivity (Wildman–Crippen MR) is 119 cm³/mol. The number of hydrogen-bond acceptors (Lipinski definition) is 3. The van der Waals surface area contributed by atoms with Crippen molar-refractivity contribution in [1.82, 2.24) is 4.90 Å². The van der Waals surface area contributed by atoms with E-state index in [4.69, 9.17) is 0 Å². The van der Waals surface area contributed by atoms with Crippen LogP contribution in [0.1, 0.15) is 52.2 Å². The van der Waals surface area contributed by atoms with Crippen LogP contribution in [0.3, 0.4) is 0 Å². The van der Waals surface area contributed by atoms with Gasteiger partial charge in [0.25, 0.3) is 0 Å². The van der Waals surface area contributed by atoms with Crippen molar-refractivity contribution in [1.29, 1.82) is 0 Å². The van der Waals surface area contributed by atoms with Crippen LogP contribution >= 0.6 is 0 Å². The van der Waals surface area contributed by atoms with E-state index in [1.807, 2.05) is 6.07 Å². The molecule has 2 aromatic carbocycles. The maximum atomic E-state index is 10.5. The first kappa shape index (κ1) is 20.7. The summed E-state index contributed by atoms with van der Waals surface area (Å²) in [6.07, 6.45) is 1.11. The van der Waals surface area contributed by atoms with Crippen LogP contribution in [0.5, 0.6) is 5.75 Å². The highest BCUT2D eigenvalue weighted by Crippen LogP contribution is 2.37. The number of aromatic hydroxyl groups is 1. The highest BCUT2D eigenvalue weighted by molar-refractivity contribution is 5.46. The molecule has 0 amide bonds. The second kappa shape index (κ2) is 8.16. The van der Waals surface area contributed by atoms with Crippen LogP contribution in [0, 0.1) is 5.41 Å². The van der Waals surface area contributed by atoms with Gasteiger partial charge in [-0.1, -0.05) is 65.0 Å². The lowest BCUT2D eigenvalue weighted by Gasteiger charge is -2.36. The third-order valence-corrected chi connectivity index (χ3v) is 5.72. The van der Waals surface area contributed by atoms with E-state index < -0.39 is 0 Å². The first-order chi connectivity index (χ1) is 13.1. The third kappa shape index (κ3) is 5.29. The molecule has 28 heavy (non-hydrogen) atoms. The molecule has 0 bridgehead atoms. The molecule has 0 unspecified atom stereocenters. The van der Waals surface area contributed by atoms with Gasteiger partial charge in [-0.15, -0.1) is 0 Å². The van der Waals surface area contributed by atoms with Crippen molar-refractivity contribution in [2.45, 2.75) is 53.0 Å². The Morgan fingerprint density at radius 1 is 0.857 bits per heavy atom. The molecule has 1 aliphatic heterocycles. The van der Waals surface area contributed by atoms with Crippen molar-refractivity contribution in [3.63, 3.8) is 0 Å². The highest BCUT2D eigenvalue weighted by Gasteiger charge is 2.28. The lowest BCUT2D eigenvalue weighted by Crippen LogP contribution is -2.46. The minimum atomic E-state index is 0.0900. The molecule has 1 fully saturated rings. The van der Waals surface area contributed by atoms with Crippen LogP contribution in [-0.4, -0.2) is 36.2 Å². The summed E-state index contributed by atoms with van der Waals surface area (Å²) in [5.74, 6) is 0.417. The third-order valence-electron chi connectivity index (χ3n) is 5.72. The van der Waals surface area contributed by atoms with Crippen molar-refractivity contribution in [3.05, 3.63) is 59.7 Å². The Bertz CT molecular complexity index is 769. The molecule has 0 atom stereocenters. The maximum absolute atomic E-state index is 10.5. The highest BCUT2D eigenvalue weighted by atomic mass is 16.3. The molecule has 0 spiro atoms. The molecule has 3 heteroatoms. The van der Waals surface area contributed by atoms with Gasteiger partial charge in [-0.05, 0) is 41.0 Å². The summed E-state index contributed by atoms with van der Waals surface area (Å²) in [6, 6.07) is 16.8. The minimum Gasteiger partial charge on any atom is -0.508 e. The van der Waals surface area contributed by atoms with Crippen LogP contribution in [0.25, 0.3) is 0 Å². The fourth-order valence-corrected chi connectivity index (χ4v) is 4.60. The minimum absolute atomic E-state index is 0.0900. The maximum Gasteiger partial charge on any atom is 0.120 e. The lowest BCUT2D eigenvalue weighted by atomic mass is 9.72. The van der Waals surface area contributed by atoms with Crippen molar-refractivity contribution >= 4 is 5.69 Å². The van der Waals surface area contributed by atoms with Crippen LogP contribution in [0.4, 0.5) is 5.69 Å². The van der Waals surface area contributed by atoms with Crippen LogP contribution in [0.2, 0.25) is 0 Å². The second-order valence-electron chi connectivity index (χ2n) is 10.1. The van der Waals surface area contributed by atoms with Gasteiger partial charge >= 0.3 is 0 Å². The number of benzene rings is 2. The van der Waals surface area contributed by atoms with Crippen LogP contribution in [-0.2, 0) is 12.0 Å². The first-order valence-corrected chi connectivity index (χ1v) is 10.5. The van der Waals surface area contributed by atoms with E-state index in [2.05, 4.69) is 86.9 Å². The number of rotatable bonds is 5. The van der Waals surface area contributed by atoms with Crippen molar-refractivity contribution < 1.29 is 5.11 Å². The number of hydrogen-bond donors (Lipinski definition) is 1. The Morgan fingerprint density at radius 3 is 2.11 bits per heavy atom. The average Bonchev–Trinajstić information content (AvgIpc) is 2.63. The molecule has 3 rings (SSSR count). The summed E-state index contributed by atoms with van der Waals surface area (Å²) in [7, 11) is 0. The molecule has 0 saturated carbocycles. The van der Waals surface area contributed by atoms with Gasteiger partial charge in [0.15, 0.2) is 0 Å². The zero-order valence-corrected chi connectivity index (χ0v) is 18.2. The molecule has 2 aromatic rings. The number of nitrogens with zero attached hydrogens (tertiary/aromatic N) is 2. The Balaban J connectivity index is 1.66. The predicted octanol–water partition coefficient (Wildman–Crippen LogP) is 5.43. The molecule has 0 radical (unpaired) electrons. The standard InChI is InChI=1S/C25H36N2O/c1-24(2,3)19-25(4,5)21-11-12-23(28)20(17-21)18-26-13-15-27(16-14-26)22-9-7-6-8-10-22/h6-12,17,28H,13-16,18-19H2,1-5H3. The summed E-state index contributed by atoms with van der Waals surface area (Å²) in [4.78, 5) is 4.90. The van der Waals surface area contributed by atoms with Crippen molar-refractivity contribution in [2.75, 3.05) is 31.1 Å². The summed E-state index contributed by atoms with van der Waals surface area (Å²) < 4.78 is 0. The Kier molecular flexibility index (Phi) is 6.04.